The molecule has 18 heavy (non-hydrogen) atoms. The number of nitrogens with one attached hydrogen (secondary N) is 1. The molecule has 1 heterocycles. The fraction of sp³-hybridized carbons (Fsp3) is 0.417. The van der Waals surface area contributed by atoms with Crippen molar-refractivity contribution in [2.24, 2.45) is 0 Å². The Balaban J connectivity index is 2.38. The number of carboxylic acid groups (broad SMARTS) is 1. The van der Waals surface area contributed by atoms with Gasteiger partial charge in [-0.25, -0.2) is 0 Å². The number of carbonyl (C=O) groups excluding carboxylic acids is 1. The lowest BCUT2D eigenvalue weighted by molar-refractivity contribution is -0.137. The van der Waals surface area contributed by atoms with Crippen molar-refractivity contribution in [2.45, 2.75) is 19.3 Å². The van der Waals surface area contributed by atoms with Crippen LogP contribution in [0.2, 0.25) is 0 Å². The monoisotopic (exact) mass is 252 g/mol. The third kappa shape index (κ3) is 4.40. The summed E-state index contributed by atoms with van der Waals surface area (Å²) in [5.74, 6) is -0.651. The second-order valence-corrected chi connectivity index (χ2v) is 3.68. The molecule has 0 bridgehead atoms. The predicted octanol–water partition coefficient (Wildman–Crippen LogP) is 1.07. The van der Waals surface area contributed by atoms with Crippen molar-refractivity contribution in [3.63, 3.8) is 0 Å². The first kappa shape index (κ1) is 14.0. The van der Waals surface area contributed by atoms with Crippen molar-refractivity contribution in [3.05, 3.63) is 24.0 Å². The molecule has 1 aromatic rings. The molecule has 0 fully saturated rings. The van der Waals surface area contributed by atoms with Crippen LogP contribution in [0.3, 0.4) is 0 Å². The minimum atomic E-state index is -0.822. The molecule has 0 saturated carbocycles. The summed E-state index contributed by atoms with van der Waals surface area (Å²) in [5.41, 5.74) is 0.422. The van der Waals surface area contributed by atoms with Crippen LogP contribution in [0.5, 0.6) is 5.75 Å². The number of methoxy groups -OCH3 is 1. The molecule has 6 heteroatoms. The third-order valence-electron chi connectivity index (χ3n) is 2.35. The Morgan fingerprint density at radius 3 is 2.89 bits per heavy atom. The van der Waals surface area contributed by atoms with Crippen LogP contribution in [0, 0.1) is 0 Å². The van der Waals surface area contributed by atoms with Gasteiger partial charge in [0.25, 0.3) is 5.91 Å². The fourth-order valence-corrected chi connectivity index (χ4v) is 1.43. The van der Waals surface area contributed by atoms with Gasteiger partial charge in [-0.05, 0) is 18.9 Å². The molecular weight excluding hydrogens is 236 g/mol. The Labute approximate surface area is 105 Å². The molecule has 98 valence electrons. The van der Waals surface area contributed by atoms with Gasteiger partial charge in [0.2, 0.25) is 0 Å². The largest absolute Gasteiger partial charge is 0.494 e. The van der Waals surface area contributed by atoms with Gasteiger partial charge in [0.1, 0.15) is 5.75 Å². The molecule has 0 unspecified atom stereocenters. The predicted molar refractivity (Wildman–Crippen MR) is 64.6 cm³/mol. The van der Waals surface area contributed by atoms with Gasteiger partial charge >= 0.3 is 5.97 Å². The van der Waals surface area contributed by atoms with Crippen LogP contribution >= 0.6 is 0 Å². The second-order valence-electron chi connectivity index (χ2n) is 3.68. The minimum absolute atomic E-state index is 0.119. The minimum Gasteiger partial charge on any atom is -0.494 e. The highest BCUT2D eigenvalue weighted by Gasteiger charge is 2.10. The van der Waals surface area contributed by atoms with Gasteiger partial charge in [-0.3, -0.25) is 14.6 Å². The van der Waals surface area contributed by atoms with E-state index in [9.17, 15) is 9.59 Å². The van der Waals surface area contributed by atoms with Gasteiger partial charge in [0.15, 0.2) is 0 Å². The molecule has 0 aliphatic heterocycles. The number of aliphatic carboxylic acids is 1. The number of ether oxygens (including phenoxy) is 1. The number of carbonyl (C=O) groups is 2. The summed E-state index contributed by atoms with van der Waals surface area (Å²) in [7, 11) is 1.47. The van der Waals surface area contributed by atoms with E-state index in [2.05, 4.69) is 10.3 Å². The van der Waals surface area contributed by atoms with Crippen molar-refractivity contribution in [3.8, 4) is 5.75 Å². The molecular formula is C12H16N2O4. The standard InChI is InChI=1S/C12H16N2O4/c1-18-10-8-13-7-5-9(10)12(17)14-6-3-2-4-11(15)16/h5,7-8H,2-4,6H2,1H3,(H,14,17)(H,15,16). The van der Waals surface area contributed by atoms with Crippen LogP contribution in [-0.2, 0) is 4.79 Å². The van der Waals surface area contributed by atoms with Crippen LogP contribution in [-0.4, -0.2) is 35.6 Å². The summed E-state index contributed by atoms with van der Waals surface area (Å²) in [5, 5.41) is 11.2. The second kappa shape index (κ2) is 7.26. The van der Waals surface area contributed by atoms with E-state index in [1.807, 2.05) is 0 Å². The number of amides is 1. The number of pyridine rings is 1. The van der Waals surface area contributed by atoms with E-state index in [0.717, 1.165) is 0 Å². The van der Waals surface area contributed by atoms with Crippen LogP contribution in [0.25, 0.3) is 0 Å². The Hall–Kier alpha value is -2.11. The molecule has 0 radical (unpaired) electrons. The number of rotatable bonds is 7. The molecule has 2 N–H and O–H groups in total. The lowest BCUT2D eigenvalue weighted by Crippen LogP contribution is -2.25. The summed E-state index contributed by atoms with van der Waals surface area (Å²) in [6.07, 6.45) is 4.28. The summed E-state index contributed by atoms with van der Waals surface area (Å²) in [4.78, 5) is 25.9. The Kier molecular flexibility index (Phi) is 5.63. The van der Waals surface area contributed by atoms with Gasteiger partial charge < -0.3 is 15.2 Å². The van der Waals surface area contributed by atoms with Crippen LogP contribution < -0.4 is 10.1 Å². The zero-order chi connectivity index (χ0) is 13.4. The fourth-order valence-electron chi connectivity index (χ4n) is 1.43. The van der Waals surface area contributed by atoms with Gasteiger partial charge in [0.05, 0.1) is 18.9 Å². The van der Waals surface area contributed by atoms with Crippen LogP contribution in [0.4, 0.5) is 0 Å². The van der Waals surface area contributed by atoms with E-state index in [-0.39, 0.29) is 12.3 Å². The van der Waals surface area contributed by atoms with Gasteiger partial charge in [0, 0.05) is 19.2 Å². The van der Waals surface area contributed by atoms with Crippen molar-refractivity contribution >= 4 is 11.9 Å². The van der Waals surface area contributed by atoms with E-state index < -0.39 is 5.97 Å². The summed E-state index contributed by atoms with van der Waals surface area (Å²) >= 11 is 0. The summed E-state index contributed by atoms with van der Waals surface area (Å²) in [6, 6.07) is 1.57. The molecule has 6 nitrogen and oxygen atoms in total. The quantitative estimate of drug-likeness (QED) is 0.709. The van der Waals surface area contributed by atoms with Crippen molar-refractivity contribution in [2.75, 3.05) is 13.7 Å². The van der Waals surface area contributed by atoms with Crippen molar-refractivity contribution in [1.29, 1.82) is 0 Å². The highest BCUT2D eigenvalue weighted by molar-refractivity contribution is 5.96. The maximum absolute atomic E-state index is 11.8. The Bertz CT molecular complexity index is 420. The van der Waals surface area contributed by atoms with Crippen LogP contribution in [0.1, 0.15) is 29.6 Å². The van der Waals surface area contributed by atoms with E-state index >= 15 is 0 Å². The molecule has 0 saturated heterocycles. The van der Waals surface area contributed by atoms with Gasteiger partial charge in [-0.15, -0.1) is 0 Å². The Morgan fingerprint density at radius 1 is 1.44 bits per heavy atom. The number of aromatic nitrogens is 1. The molecule has 1 aromatic heterocycles. The van der Waals surface area contributed by atoms with E-state index in [0.29, 0.717) is 30.7 Å². The lowest BCUT2D eigenvalue weighted by atomic mass is 10.2. The third-order valence-corrected chi connectivity index (χ3v) is 2.35. The molecule has 0 aliphatic carbocycles. The molecule has 1 amide bonds. The first-order chi connectivity index (χ1) is 8.65. The van der Waals surface area contributed by atoms with E-state index in [1.54, 1.807) is 6.07 Å². The SMILES string of the molecule is COc1cnccc1C(=O)NCCCCC(=O)O. The highest BCUT2D eigenvalue weighted by atomic mass is 16.5. The number of unbranched alkanes of at least 4 members (excludes halogenated alkanes) is 1. The zero-order valence-electron chi connectivity index (χ0n) is 10.2. The van der Waals surface area contributed by atoms with Gasteiger partial charge in [-0.1, -0.05) is 0 Å². The summed E-state index contributed by atoms with van der Waals surface area (Å²) in [6.45, 7) is 0.442. The maximum atomic E-state index is 11.8. The Morgan fingerprint density at radius 2 is 2.22 bits per heavy atom. The molecule has 0 aliphatic rings. The number of hydrogen-bond donors (Lipinski definition) is 2. The molecule has 0 atom stereocenters. The zero-order valence-corrected chi connectivity index (χ0v) is 10.2. The van der Waals surface area contributed by atoms with Gasteiger partial charge in [-0.2, -0.15) is 0 Å². The van der Waals surface area contributed by atoms with Crippen LogP contribution in [0.15, 0.2) is 18.5 Å². The average Bonchev–Trinajstić information content (AvgIpc) is 2.37. The number of hydrogen-bond acceptors (Lipinski definition) is 4. The molecule has 1 rings (SSSR count). The molecule has 0 aromatic carbocycles. The number of nitrogens with zero attached hydrogens (tertiary/aromatic N) is 1. The molecule has 0 spiro atoms. The van der Waals surface area contributed by atoms with Crippen molar-refractivity contribution < 1.29 is 19.4 Å². The summed E-state index contributed by atoms with van der Waals surface area (Å²) < 4.78 is 5.02. The normalized spacial score (nSPS) is 9.83. The van der Waals surface area contributed by atoms with E-state index in [1.165, 1.54) is 19.5 Å². The smallest absolute Gasteiger partial charge is 0.303 e. The number of carboxylic acids is 1. The average molecular weight is 252 g/mol. The maximum Gasteiger partial charge on any atom is 0.303 e. The highest BCUT2D eigenvalue weighted by Crippen LogP contribution is 2.15. The lowest BCUT2D eigenvalue weighted by Gasteiger charge is -2.08. The first-order valence-corrected chi connectivity index (χ1v) is 5.63. The first-order valence-electron chi connectivity index (χ1n) is 5.63. The van der Waals surface area contributed by atoms with E-state index in [4.69, 9.17) is 9.84 Å². The topological polar surface area (TPSA) is 88.5 Å². The van der Waals surface area contributed by atoms with Crippen molar-refractivity contribution in [1.82, 2.24) is 10.3 Å².